The molecule has 1 saturated carbocycles. The maximum absolute atomic E-state index is 12.2. The summed E-state index contributed by atoms with van der Waals surface area (Å²) < 4.78 is 0. The number of nitrogens with two attached hydrogens (primary N) is 2. The molecule has 1 fully saturated rings. The van der Waals surface area contributed by atoms with Gasteiger partial charge in [0.1, 0.15) is 5.69 Å². The fourth-order valence-corrected chi connectivity index (χ4v) is 2.74. The average molecular weight is 300 g/mol. The van der Waals surface area contributed by atoms with Gasteiger partial charge in [0.2, 0.25) is 0 Å². The quantitative estimate of drug-likeness (QED) is 0.628. The third-order valence-corrected chi connectivity index (χ3v) is 4.24. The zero-order chi connectivity index (χ0) is 15.5. The standard InChI is InChI=1S/C17H24N4O/c18-7-1-2-14(19)10-20-17(22)16-9-13-6-5-12(11-3-4-11)8-15(13)21-16/h5-6,8-9,11,14,21H,1-4,7,10,18-19H2,(H,20,22). The summed E-state index contributed by atoms with van der Waals surface area (Å²) >= 11 is 0. The summed E-state index contributed by atoms with van der Waals surface area (Å²) in [5, 5.41) is 3.95. The van der Waals surface area contributed by atoms with E-state index in [2.05, 4.69) is 28.5 Å². The topological polar surface area (TPSA) is 96.9 Å². The maximum atomic E-state index is 12.2. The van der Waals surface area contributed by atoms with Crippen molar-refractivity contribution in [3.8, 4) is 0 Å². The Morgan fingerprint density at radius 1 is 1.36 bits per heavy atom. The molecule has 1 unspecified atom stereocenters. The highest BCUT2D eigenvalue weighted by atomic mass is 16.1. The fourth-order valence-electron chi connectivity index (χ4n) is 2.74. The third-order valence-electron chi connectivity index (χ3n) is 4.24. The summed E-state index contributed by atoms with van der Waals surface area (Å²) in [6.07, 6.45) is 4.27. The molecule has 2 aromatic rings. The second-order valence-corrected chi connectivity index (χ2v) is 6.20. The van der Waals surface area contributed by atoms with E-state index in [9.17, 15) is 4.79 Å². The number of H-pyrrole nitrogens is 1. The van der Waals surface area contributed by atoms with Crippen molar-refractivity contribution in [3.05, 3.63) is 35.5 Å². The lowest BCUT2D eigenvalue weighted by molar-refractivity contribution is 0.0946. The van der Waals surface area contributed by atoms with Crippen LogP contribution in [0.3, 0.4) is 0 Å². The lowest BCUT2D eigenvalue weighted by Gasteiger charge is -2.11. The summed E-state index contributed by atoms with van der Waals surface area (Å²) in [7, 11) is 0. The van der Waals surface area contributed by atoms with Crippen LogP contribution in [-0.2, 0) is 0 Å². The summed E-state index contributed by atoms with van der Waals surface area (Å²) in [6.45, 7) is 1.11. The molecule has 3 rings (SSSR count). The first-order valence-electron chi connectivity index (χ1n) is 8.04. The van der Waals surface area contributed by atoms with E-state index in [0.717, 1.165) is 23.7 Å². The van der Waals surface area contributed by atoms with Gasteiger partial charge in [-0.3, -0.25) is 4.79 Å². The Morgan fingerprint density at radius 2 is 2.18 bits per heavy atom. The largest absolute Gasteiger partial charge is 0.351 e. The first-order chi connectivity index (χ1) is 10.7. The van der Waals surface area contributed by atoms with Crippen molar-refractivity contribution in [2.75, 3.05) is 13.1 Å². The molecule has 0 spiro atoms. The van der Waals surface area contributed by atoms with Crippen molar-refractivity contribution < 1.29 is 4.79 Å². The predicted molar refractivity (Wildman–Crippen MR) is 88.9 cm³/mol. The number of nitrogens with one attached hydrogen (secondary N) is 2. The molecular formula is C17H24N4O. The highest BCUT2D eigenvalue weighted by Crippen LogP contribution is 2.40. The van der Waals surface area contributed by atoms with Crippen molar-refractivity contribution in [1.29, 1.82) is 0 Å². The summed E-state index contributed by atoms with van der Waals surface area (Å²) in [5.74, 6) is 0.609. The lowest BCUT2D eigenvalue weighted by Crippen LogP contribution is -2.37. The van der Waals surface area contributed by atoms with Crippen molar-refractivity contribution >= 4 is 16.8 Å². The minimum Gasteiger partial charge on any atom is -0.351 e. The van der Waals surface area contributed by atoms with Gasteiger partial charge in [-0.1, -0.05) is 12.1 Å². The number of hydrogen-bond acceptors (Lipinski definition) is 3. The first-order valence-corrected chi connectivity index (χ1v) is 8.04. The van der Waals surface area contributed by atoms with E-state index in [1.165, 1.54) is 18.4 Å². The molecule has 0 saturated heterocycles. The molecule has 6 N–H and O–H groups in total. The highest BCUT2D eigenvalue weighted by Gasteiger charge is 2.23. The van der Waals surface area contributed by atoms with E-state index in [-0.39, 0.29) is 11.9 Å². The number of benzene rings is 1. The van der Waals surface area contributed by atoms with Crippen molar-refractivity contribution in [1.82, 2.24) is 10.3 Å². The summed E-state index contributed by atoms with van der Waals surface area (Å²) in [4.78, 5) is 15.4. The predicted octanol–water partition coefficient (Wildman–Crippen LogP) is 1.84. The Bertz CT molecular complexity index is 660. The molecule has 0 aliphatic heterocycles. The van der Waals surface area contributed by atoms with Crippen LogP contribution in [0.15, 0.2) is 24.3 Å². The van der Waals surface area contributed by atoms with Gasteiger partial charge in [-0.05, 0) is 55.8 Å². The smallest absolute Gasteiger partial charge is 0.267 e. The molecule has 118 valence electrons. The molecule has 0 radical (unpaired) electrons. The second kappa shape index (κ2) is 6.50. The minimum absolute atomic E-state index is 0.0432. The van der Waals surface area contributed by atoms with Crippen LogP contribution in [0, 0.1) is 0 Å². The maximum Gasteiger partial charge on any atom is 0.267 e. The SMILES string of the molecule is NCCCC(N)CNC(=O)c1cc2ccc(C3CC3)cc2[nH]1. The van der Waals surface area contributed by atoms with Crippen molar-refractivity contribution in [3.63, 3.8) is 0 Å². The van der Waals surface area contributed by atoms with Crippen LogP contribution in [-0.4, -0.2) is 30.0 Å². The Balaban J connectivity index is 1.63. The molecule has 1 aliphatic rings. The third kappa shape index (κ3) is 3.48. The molecule has 5 nitrogen and oxygen atoms in total. The fraction of sp³-hybridized carbons (Fsp3) is 0.471. The average Bonchev–Trinajstić information content (AvgIpc) is 3.29. The summed E-state index contributed by atoms with van der Waals surface area (Å²) in [5.41, 5.74) is 14.4. The van der Waals surface area contributed by atoms with Crippen molar-refractivity contribution in [2.24, 2.45) is 11.5 Å². The number of fused-ring (bicyclic) bond motifs is 1. The summed E-state index contributed by atoms with van der Waals surface area (Å²) in [6, 6.07) is 8.27. The molecule has 1 aromatic heterocycles. The minimum atomic E-state index is -0.104. The van der Waals surface area contributed by atoms with Crippen LogP contribution in [0.1, 0.15) is 47.7 Å². The Labute approximate surface area is 130 Å². The molecule has 5 heteroatoms. The van der Waals surface area contributed by atoms with Crippen LogP contribution in [0.25, 0.3) is 10.9 Å². The number of carbonyl (C=O) groups is 1. The van der Waals surface area contributed by atoms with E-state index in [1.54, 1.807) is 0 Å². The van der Waals surface area contributed by atoms with Crippen LogP contribution in [0.5, 0.6) is 0 Å². The molecule has 1 atom stereocenters. The molecule has 1 heterocycles. The van der Waals surface area contributed by atoms with Gasteiger partial charge in [0, 0.05) is 23.5 Å². The van der Waals surface area contributed by atoms with E-state index >= 15 is 0 Å². The number of amides is 1. The number of aromatic amines is 1. The van der Waals surface area contributed by atoms with Crippen LogP contribution >= 0.6 is 0 Å². The van der Waals surface area contributed by atoms with Gasteiger partial charge in [-0.2, -0.15) is 0 Å². The molecular weight excluding hydrogens is 276 g/mol. The zero-order valence-corrected chi connectivity index (χ0v) is 12.8. The molecule has 1 aromatic carbocycles. The van der Waals surface area contributed by atoms with E-state index in [1.807, 2.05) is 6.07 Å². The number of carbonyl (C=O) groups excluding carboxylic acids is 1. The number of aromatic nitrogens is 1. The van der Waals surface area contributed by atoms with Crippen molar-refractivity contribution in [2.45, 2.75) is 37.6 Å². The van der Waals surface area contributed by atoms with Gasteiger partial charge >= 0.3 is 0 Å². The van der Waals surface area contributed by atoms with E-state index in [0.29, 0.717) is 24.7 Å². The van der Waals surface area contributed by atoms with E-state index in [4.69, 9.17) is 11.5 Å². The Hall–Kier alpha value is -1.85. The molecule has 0 bridgehead atoms. The number of hydrogen-bond donors (Lipinski definition) is 4. The van der Waals surface area contributed by atoms with E-state index < -0.39 is 0 Å². The van der Waals surface area contributed by atoms with Gasteiger partial charge < -0.3 is 21.8 Å². The van der Waals surface area contributed by atoms with Gasteiger partial charge in [-0.15, -0.1) is 0 Å². The zero-order valence-electron chi connectivity index (χ0n) is 12.8. The van der Waals surface area contributed by atoms with Crippen LogP contribution in [0.2, 0.25) is 0 Å². The van der Waals surface area contributed by atoms with Gasteiger partial charge in [0.05, 0.1) is 0 Å². The first kappa shape index (κ1) is 15.1. The highest BCUT2D eigenvalue weighted by molar-refractivity contribution is 5.98. The monoisotopic (exact) mass is 300 g/mol. The Kier molecular flexibility index (Phi) is 4.45. The van der Waals surface area contributed by atoms with Crippen LogP contribution in [0.4, 0.5) is 0 Å². The molecule has 1 amide bonds. The lowest BCUT2D eigenvalue weighted by atomic mass is 10.1. The van der Waals surface area contributed by atoms with Gasteiger partial charge in [0.25, 0.3) is 5.91 Å². The van der Waals surface area contributed by atoms with Gasteiger partial charge in [0.15, 0.2) is 0 Å². The molecule has 22 heavy (non-hydrogen) atoms. The normalized spacial score (nSPS) is 15.9. The number of rotatable bonds is 7. The molecule has 1 aliphatic carbocycles. The Morgan fingerprint density at radius 3 is 2.91 bits per heavy atom. The van der Waals surface area contributed by atoms with Crippen LogP contribution < -0.4 is 16.8 Å². The van der Waals surface area contributed by atoms with Gasteiger partial charge in [-0.25, -0.2) is 0 Å². The second-order valence-electron chi connectivity index (χ2n) is 6.20.